The SMILES string of the molecule is N[C@H](C(=O)O)C(O)C1=CC=C(Cc2ccccc2)C(Cc2ccccc2)C1=O. The molecule has 2 unspecified atom stereocenters. The van der Waals surface area contributed by atoms with E-state index in [-0.39, 0.29) is 11.4 Å². The number of carboxylic acids is 1. The molecule has 0 heterocycles. The summed E-state index contributed by atoms with van der Waals surface area (Å²) in [5, 5.41) is 19.4. The minimum absolute atomic E-state index is 0.0487. The molecule has 0 spiro atoms. The van der Waals surface area contributed by atoms with E-state index in [1.165, 1.54) is 6.08 Å². The maximum Gasteiger partial charge on any atom is 0.323 e. The molecule has 4 N–H and O–H groups in total. The fourth-order valence-corrected chi connectivity index (χ4v) is 3.42. The van der Waals surface area contributed by atoms with Gasteiger partial charge in [-0.15, -0.1) is 0 Å². The Kier molecular flexibility index (Phi) is 6.19. The Bertz CT molecular complexity index is 903. The Balaban J connectivity index is 1.93. The van der Waals surface area contributed by atoms with Crippen LogP contribution in [0.5, 0.6) is 0 Å². The number of hydrogen-bond acceptors (Lipinski definition) is 4. The molecule has 1 aliphatic rings. The molecule has 0 bridgehead atoms. The molecule has 0 amide bonds. The van der Waals surface area contributed by atoms with Crippen LogP contribution < -0.4 is 5.73 Å². The van der Waals surface area contributed by atoms with Crippen molar-refractivity contribution in [2.75, 3.05) is 0 Å². The lowest BCUT2D eigenvalue weighted by molar-refractivity contribution is -0.140. The van der Waals surface area contributed by atoms with Gasteiger partial charge in [0.05, 0.1) is 0 Å². The second kappa shape index (κ2) is 8.78. The van der Waals surface area contributed by atoms with Crippen molar-refractivity contribution in [2.24, 2.45) is 11.7 Å². The quantitative estimate of drug-likeness (QED) is 0.687. The van der Waals surface area contributed by atoms with Gasteiger partial charge in [0.2, 0.25) is 0 Å². The van der Waals surface area contributed by atoms with E-state index in [0.29, 0.717) is 12.8 Å². The number of carboxylic acid groups (broad SMARTS) is 1. The Morgan fingerprint density at radius 1 is 0.964 bits per heavy atom. The number of aliphatic hydroxyl groups excluding tert-OH is 1. The molecule has 0 saturated heterocycles. The fourth-order valence-electron chi connectivity index (χ4n) is 3.42. The summed E-state index contributed by atoms with van der Waals surface area (Å²) < 4.78 is 0. The molecular formula is C23H23NO4. The van der Waals surface area contributed by atoms with Crippen LogP contribution in [0, 0.1) is 5.92 Å². The second-order valence-electron chi connectivity index (χ2n) is 6.94. The van der Waals surface area contributed by atoms with E-state index < -0.39 is 24.0 Å². The summed E-state index contributed by atoms with van der Waals surface area (Å²) >= 11 is 0. The van der Waals surface area contributed by atoms with Gasteiger partial charge in [0.15, 0.2) is 5.78 Å². The molecule has 2 aromatic rings. The highest BCUT2D eigenvalue weighted by Crippen LogP contribution is 2.30. The van der Waals surface area contributed by atoms with E-state index in [0.717, 1.165) is 16.7 Å². The Hall–Kier alpha value is -3.02. The van der Waals surface area contributed by atoms with E-state index in [1.54, 1.807) is 0 Å². The van der Waals surface area contributed by atoms with Crippen LogP contribution in [-0.2, 0) is 22.4 Å². The molecular weight excluding hydrogens is 354 g/mol. The van der Waals surface area contributed by atoms with Gasteiger partial charge in [-0.05, 0) is 24.0 Å². The van der Waals surface area contributed by atoms with Crippen molar-refractivity contribution in [1.82, 2.24) is 0 Å². The first-order valence-corrected chi connectivity index (χ1v) is 9.16. The number of benzene rings is 2. The lowest BCUT2D eigenvalue weighted by Gasteiger charge is -2.27. The van der Waals surface area contributed by atoms with E-state index in [4.69, 9.17) is 10.8 Å². The van der Waals surface area contributed by atoms with Gasteiger partial charge < -0.3 is 15.9 Å². The third-order valence-electron chi connectivity index (χ3n) is 5.00. The molecule has 5 nitrogen and oxygen atoms in total. The predicted molar refractivity (Wildman–Crippen MR) is 107 cm³/mol. The molecule has 144 valence electrons. The van der Waals surface area contributed by atoms with Crippen molar-refractivity contribution < 1.29 is 19.8 Å². The highest BCUT2D eigenvalue weighted by Gasteiger charge is 2.35. The molecule has 0 radical (unpaired) electrons. The monoisotopic (exact) mass is 377 g/mol. The molecule has 2 aromatic carbocycles. The van der Waals surface area contributed by atoms with Gasteiger partial charge in [-0.1, -0.05) is 78.4 Å². The number of carbonyl (C=O) groups excluding carboxylic acids is 1. The van der Waals surface area contributed by atoms with Crippen LogP contribution in [-0.4, -0.2) is 34.1 Å². The molecule has 1 aliphatic carbocycles. The van der Waals surface area contributed by atoms with Crippen molar-refractivity contribution >= 4 is 11.8 Å². The van der Waals surface area contributed by atoms with Gasteiger partial charge in [-0.3, -0.25) is 9.59 Å². The third-order valence-corrected chi connectivity index (χ3v) is 5.00. The number of ketones is 1. The summed E-state index contributed by atoms with van der Waals surface area (Å²) in [6.45, 7) is 0. The smallest absolute Gasteiger partial charge is 0.323 e. The van der Waals surface area contributed by atoms with Crippen molar-refractivity contribution in [2.45, 2.75) is 25.0 Å². The third kappa shape index (κ3) is 4.44. The molecule has 0 aliphatic heterocycles. The first-order valence-electron chi connectivity index (χ1n) is 9.16. The number of Topliss-reactive ketones (excluding diaryl/α,β-unsaturated/α-hetero) is 1. The van der Waals surface area contributed by atoms with Crippen LogP contribution in [0.1, 0.15) is 11.1 Å². The maximum absolute atomic E-state index is 13.2. The van der Waals surface area contributed by atoms with Gasteiger partial charge in [-0.25, -0.2) is 0 Å². The molecule has 3 atom stereocenters. The fraction of sp³-hybridized carbons (Fsp3) is 0.217. The number of hydrogen-bond donors (Lipinski definition) is 3. The standard InChI is InChI=1S/C23H23NO4/c24-20(23(27)28)22(26)18-12-11-17(13-15-7-3-1-4-8-15)19(21(18)25)14-16-9-5-2-6-10-16/h1-12,19-20,22,26H,13-14,24H2,(H,27,28)/t19?,20-,22?/m0/s1. The highest BCUT2D eigenvalue weighted by atomic mass is 16.4. The minimum Gasteiger partial charge on any atom is -0.480 e. The zero-order valence-corrected chi connectivity index (χ0v) is 15.4. The van der Waals surface area contributed by atoms with Gasteiger partial charge in [0, 0.05) is 11.5 Å². The van der Waals surface area contributed by atoms with Gasteiger partial charge in [0.1, 0.15) is 12.1 Å². The van der Waals surface area contributed by atoms with E-state index in [2.05, 4.69) is 0 Å². The Morgan fingerprint density at radius 3 is 2.11 bits per heavy atom. The Labute approximate surface area is 163 Å². The number of carbonyl (C=O) groups is 2. The lowest BCUT2D eigenvalue weighted by atomic mass is 9.77. The van der Waals surface area contributed by atoms with Crippen LogP contribution >= 0.6 is 0 Å². The van der Waals surface area contributed by atoms with Gasteiger partial charge >= 0.3 is 5.97 Å². The molecule has 0 fully saturated rings. The summed E-state index contributed by atoms with van der Waals surface area (Å²) in [7, 11) is 0. The summed E-state index contributed by atoms with van der Waals surface area (Å²) in [6, 6.07) is 17.9. The number of rotatable bonds is 7. The predicted octanol–water partition coefficient (Wildman–Crippen LogP) is 2.30. The van der Waals surface area contributed by atoms with Crippen LogP contribution in [0.25, 0.3) is 0 Å². The molecule has 0 aromatic heterocycles. The normalized spacial score (nSPS) is 18.8. The van der Waals surface area contributed by atoms with Gasteiger partial charge in [0.25, 0.3) is 0 Å². The van der Waals surface area contributed by atoms with Crippen LogP contribution in [0.4, 0.5) is 0 Å². The topological polar surface area (TPSA) is 101 Å². The van der Waals surface area contributed by atoms with E-state index in [1.807, 2.05) is 66.7 Å². The summed E-state index contributed by atoms with van der Waals surface area (Å²) in [6.07, 6.45) is 2.86. The highest BCUT2D eigenvalue weighted by molar-refractivity contribution is 6.02. The number of aliphatic hydroxyl groups is 1. The molecule has 5 heteroatoms. The number of allylic oxidation sites excluding steroid dienone is 3. The van der Waals surface area contributed by atoms with Crippen molar-refractivity contribution in [3.8, 4) is 0 Å². The first kappa shape index (κ1) is 19.7. The second-order valence-corrected chi connectivity index (χ2v) is 6.94. The summed E-state index contributed by atoms with van der Waals surface area (Å²) in [4.78, 5) is 24.3. The molecule has 28 heavy (non-hydrogen) atoms. The lowest BCUT2D eigenvalue weighted by Crippen LogP contribution is -2.45. The van der Waals surface area contributed by atoms with Crippen molar-refractivity contribution in [3.63, 3.8) is 0 Å². The van der Waals surface area contributed by atoms with E-state index in [9.17, 15) is 14.7 Å². The summed E-state index contributed by atoms with van der Waals surface area (Å²) in [5.74, 6) is -2.10. The average molecular weight is 377 g/mol. The Morgan fingerprint density at radius 2 is 1.54 bits per heavy atom. The van der Waals surface area contributed by atoms with Crippen LogP contribution in [0.15, 0.2) is 84.0 Å². The molecule has 0 saturated carbocycles. The van der Waals surface area contributed by atoms with Crippen molar-refractivity contribution in [1.29, 1.82) is 0 Å². The first-order chi connectivity index (χ1) is 13.5. The summed E-state index contributed by atoms with van der Waals surface area (Å²) in [5.41, 5.74) is 8.61. The molecule has 3 rings (SSSR count). The minimum atomic E-state index is -1.54. The zero-order chi connectivity index (χ0) is 20.1. The number of aliphatic carboxylic acids is 1. The average Bonchev–Trinajstić information content (AvgIpc) is 2.71. The zero-order valence-electron chi connectivity index (χ0n) is 15.4. The largest absolute Gasteiger partial charge is 0.480 e. The van der Waals surface area contributed by atoms with Crippen molar-refractivity contribution in [3.05, 3.63) is 95.1 Å². The van der Waals surface area contributed by atoms with Crippen LogP contribution in [0.3, 0.4) is 0 Å². The maximum atomic E-state index is 13.2. The van der Waals surface area contributed by atoms with Crippen LogP contribution in [0.2, 0.25) is 0 Å². The van der Waals surface area contributed by atoms with E-state index >= 15 is 0 Å². The van der Waals surface area contributed by atoms with Gasteiger partial charge in [-0.2, -0.15) is 0 Å². The number of nitrogens with two attached hydrogens (primary N) is 1.